The van der Waals surface area contributed by atoms with Gasteiger partial charge in [0.1, 0.15) is 5.22 Å². The van der Waals surface area contributed by atoms with Crippen molar-refractivity contribution in [1.29, 1.82) is 0 Å². The number of hydrogen-bond donors (Lipinski definition) is 0. The molecule has 0 aliphatic heterocycles. The Balaban J connectivity index is 0.00000294. The van der Waals surface area contributed by atoms with E-state index in [9.17, 15) is 4.79 Å². The van der Waals surface area contributed by atoms with Gasteiger partial charge in [-0.2, -0.15) is 0 Å². The predicted octanol–water partition coefficient (Wildman–Crippen LogP) is 3.37. The van der Waals surface area contributed by atoms with Gasteiger partial charge in [0.2, 0.25) is 18.1 Å². The number of ether oxygens (including phenoxy) is 1. The van der Waals surface area contributed by atoms with Crippen molar-refractivity contribution in [2.75, 3.05) is 0 Å². The summed E-state index contributed by atoms with van der Waals surface area (Å²) in [7, 11) is -7.10. The van der Waals surface area contributed by atoms with Gasteiger partial charge < -0.3 is 13.0 Å². The number of carbonyl (C=O) groups is 1. The van der Waals surface area contributed by atoms with Crippen LogP contribution in [0.25, 0.3) is 0 Å². The Bertz CT molecular complexity index is 1180. The summed E-state index contributed by atoms with van der Waals surface area (Å²) in [5.74, 6) is -0.417. The van der Waals surface area contributed by atoms with Crippen molar-refractivity contribution in [3.8, 4) is 0 Å². The van der Waals surface area contributed by atoms with E-state index >= 15 is 0 Å². The van der Waals surface area contributed by atoms with Gasteiger partial charge in [-0.1, -0.05) is 135 Å². The monoisotopic (exact) mass is 570 g/mol. The average Bonchev–Trinajstić information content (AvgIpc) is 2.99. The van der Waals surface area contributed by atoms with Gasteiger partial charge in [0.25, 0.3) is 0 Å². The number of rotatable bonds is 12. The van der Waals surface area contributed by atoms with Crippen LogP contribution >= 0.6 is 0 Å². The first-order valence-electron chi connectivity index (χ1n) is 13.3. The first kappa shape index (κ1) is 28.7. The summed E-state index contributed by atoms with van der Waals surface area (Å²) in [5, 5.41) is 3.73. The molecular formula is C32H38O4Si3+2. The van der Waals surface area contributed by atoms with E-state index in [1.807, 2.05) is 86.6 Å². The third-order valence-corrected chi connectivity index (χ3v) is 16.4. The number of esters is 1. The molecule has 4 nitrogen and oxygen atoms in total. The molecule has 1 atom stereocenters. The summed E-state index contributed by atoms with van der Waals surface area (Å²) in [4.78, 5) is 12.9. The molecule has 4 rings (SSSR count). The second kappa shape index (κ2) is 13.6. The van der Waals surface area contributed by atoms with Crippen LogP contribution in [0, 0.1) is 0 Å². The van der Waals surface area contributed by atoms with Crippen molar-refractivity contribution in [1.82, 2.24) is 0 Å². The maximum Gasteiger partial charge on any atom is 1.00 e. The Hall–Kier alpha value is -3.34. The Kier molecular flexibility index (Phi) is 10.0. The molecule has 0 spiro atoms. The SMILES string of the molecule is C=C(C)C(=O)OC(C)(CC)[SiH](O[SiH](c1ccccc1)c1ccccc1)O[SiH](c1ccccc1)c1ccccc1.[H+].[H+]. The highest BCUT2D eigenvalue weighted by Gasteiger charge is 2.45. The van der Waals surface area contributed by atoms with Crippen molar-refractivity contribution in [2.24, 2.45) is 0 Å². The fraction of sp³-hybridized carbons (Fsp3) is 0.156. The van der Waals surface area contributed by atoms with Crippen molar-refractivity contribution in [3.05, 3.63) is 133 Å². The third-order valence-electron chi connectivity index (χ3n) is 6.80. The summed E-state index contributed by atoms with van der Waals surface area (Å²) in [6.07, 6.45) is 0.568. The van der Waals surface area contributed by atoms with Crippen LogP contribution in [0.3, 0.4) is 0 Å². The lowest BCUT2D eigenvalue weighted by molar-refractivity contribution is -0.148. The zero-order valence-electron chi connectivity index (χ0n) is 24.8. The maximum atomic E-state index is 12.9. The molecule has 0 fully saturated rings. The molecule has 0 aliphatic carbocycles. The first-order chi connectivity index (χ1) is 18.9. The molecule has 0 aromatic heterocycles. The van der Waals surface area contributed by atoms with Crippen molar-refractivity contribution >= 4 is 54.1 Å². The van der Waals surface area contributed by atoms with Gasteiger partial charge in [0.15, 0.2) is 0 Å². The van der Waals surface area contributed by atoms with E-state index in [1.54, 1.807) is 6.92 Å². The number of carbonyl (C=O) groups excluding carboxylic acids is 1. The molecule has 0 saturated carbocycles. The lowest BCUT2D eigenvalue weighted by Crippen LogP contribution is -2.62. The number of benzene rings is 4. The van der Waals surface area contributed by atoms with Gasteiger partial charge in [-0.3, -0.25) is 0 Å². The quantitative estimate of drug-likeness (QED) is 0.149. The minimum absolute atomic E-state index is 0. The molecule has 200 valence electrons. The largest absolute Gasteiger partial charge is 1.00 e. The van der Waals surface area contributed by atoms with E-state index in [-0.39, 0.29) is 2.85 Å². The molecule has 39 heavy (non-hydrogen) atoms. The van der Waals surface area contributed by atoms with Crippen molar-refractivity contribution < 1.29 is 20.6 Å². The zero-order valence-corrected chi connectivity index (χ0v) is 26.3. The van der Waals surface area contributed by atoms with Crippen molar-refractivity contribution in [3.63, 3.8) is 0 Å². The van der Waals surface area contributed by atoms with E-state index < -0.39 is 38.6 Å². The first-order valence-corrected chi connectivity index (χ1v) is 18.1. The zero-order chi connectivity index (χ0) is 27.7. The molecule has 1 unspecified atom stereocenters. The molecule has 0 bridgehead atoms. The van der Waals surface area contributed by atoms with Crippen LogP contribution in [0.5, 0.6) is 0 Å². The molecule has 0 N–H and O–H groups in total. The van der Waals surface area contributed by atoms with Gasteiger partial charge in [0.05, 0.1) is 0 Å². The highest BCUT2D eigenvalue weighted by Crippen LogP contribution is 2.24. The van der Waals surface area contributed by atoms with Crippen LogP contribution in [0.15, 0.2) is 133 Å². The minimum Gasteiger partial charge on any atom is -0.454 e. The summed E-state index contributed by atoms with van der Waals surface area (Å²) >= 11 is 0. The molecular weight excluding hydrogens is 533 g/mol. The van der Waals surface area contributed by atoms with Crippen LogP contribution < -0.4 is 20.7 Å². The van der Waals surface area contributed by atoms with Crippen molar-refractivity contribution in [2.45, 2.75) is 32.4 Å². The molecule has 0 radical (unpaired) electrons. The van der Waals surface area contributed by atoms with E-state index in [1.165, 1.54) is 0 Å². The third kappa shape index (κ3) is 7.41. The second-order valence-corrected chi connectivity index (χ2v) is 18.1. The fourth-order valence-corrected chi connectivity index (χ4v) is 15.6. The van der Waals surface area contributed by atoms with Gasteiger partial charge in [-0.25, -0.2) is 4.79 Å². The standard InChI is InChI=1S/C32H36O4Si3/c1-5-32(4,34-31(33)26(2)3)39(35-37(27-18-10-6-11-19-27)28-20-12-7-13-21-28)36-38(29-22-14-8-15-23-29)30-24-16-9-17-25-30/h6-25,37-39H,2,5H2,1,3-4H3/p+2. The number of hydrogen-bond acceptors (Lipinski definition) is 4. The van der Waals surface area contributed by atoms with E-state index in [2.05, 4.69) is 55.1 Å². The lowest BCUT2D eigenvalue weighted by Gasteiger charge is -2.38. The van der Waals surface area contributed by atoms with Crippen LogP contribution in [-0.4, -0.2) is 38.6 Å². The summed E-state index contributed by atoms with van der Waals surface area (Å²) in [6, 6.07) is 41.5. The molecule has 4 aromatic rings. The lowest BCUT2D eigenvalue weighted by atomic mass is 10.3. The van der Waals surface area contributed by atoms with Crippen LogP contribution in [0.4, 0.5) is 0 Å². The van der Waals surface area contributed by atoms with Gasteiger partial charge in [-0.15, -0.1) is 0 Å². The predicted molar refractivity (Wildman–Crippen MR) is 170 cm³/mol. The average molecular weight is 571 g/mol. The normalized spacial score (nSPS) is 12.9. The van der Waals surface area contributed by atoms with Gasteiger partial charge in [-0.05, 0) is 41.0 Å². The van der Waals surface area contributed by atoms with Crippen LogP contribution in [0.2, 0.25) is 0 Å². The van der Waals surface area contributed by atoms with Crippen LogP contribution in [-0.2, 0) is 17.8 Å². The van der Waals surface area contributed by atoms with E-state index in [4.69, 9.17) is 13.0 Å². The Morgan fingerprint density at radius 2 is 1.00 bits per heavy atom. The highest BCUT2D eigenvalue weighted by atomic mass is 28.4. The molecule has 0 heterocycles. The van der Waals surface area contributed by atoms with Gasteiger partial charge in [0, 0.05) is 5.57 Å². The van der Waals surface area contributed by atoms with Crippen LogP contribution in [0.1, 0.15) is 30.0 Å². The molecule has 4 aromatic carbocycles. The Labute approximate surface area is 240 Å². The second-order valence-electron chi connectivity index (χ2n) is 9.84. The summed E-state index contributed by atoms with van der Waals surface area (Å²) < 4.78 is 20.6. The molecule has 0 aliphatic rings. The maximum absolute atomic E-state index is 12.9. The summed E-state index contributed by atoms with van der Waals surface area (Å²) in [6.45, 7) is 9.49. The molecule has 0 saturated heterocycles. The van der Waals surface area contributed by atoms with Gasteiger partial charge >= 0.3 is 18.1 Å². The fourth-order valence-electron chi connectivity index (χ4n) is 4.36. The Morgan fingerprint density at radius 1 is 0.692 bits per heavy atom. The Morgan fingerprint density at radius 3 is 1.26 bits per heavy atom. The highest BCUT2D eigenvalue weighted by molar-refractivity contribution is 6.88. The smallest absolute Gasteiger partial charge is 0.454 e. The minimum atomic E-state index is -2.72. The topological polar surface area (TPSA) is 44.8 Å². The molecule has 0 amide bonds. The molecule has 7 heteroatoms. The van der Waals surface area contributed by atoms with E-state index in [0.29, 0.717) is 12.0 Å². The van der Waals surface area contributed by atoms with E-state index in [0.717, 1.165) is 20.7 Å². The summed E-state index contributed by atoms with van der Waals surface area (Å²) in [5.41, 5.74) is 0.363.